The Morgan fingerprint density at radius 3 is 2.15 bits per heavy atom. The van der Waals surface area contributed by atoms with Crippen LogP contribution in [0.25, 0.3) is 11.1 Å². The predicted molar refractivity (Wildman–Crippen MR) is 129 cm³/mol. The normalized spacial score (nSPS) is 13.5. The second-order valence-electron chi connectivity index (χ2n) is 9.01. The molecule has 0 spiro atoms. The van der Waals surface area contributed by atoms with Gasteiger partial charge in [0, 0.05) is 18.2 Å². The molecule has 0 bridgehead atoms. The van der Waals surface area contributed by atoms with Crippen molar-refractivity contribution in [2.24, 2.45) is 5.41 Å². The van der Waals surface area contributed by atoms with Crippen molar-refractivity contribution in [3.8, 4) is 11.1 Å². The van der Waals surface area contributed by atoms with Crippen molar-refractivity contribution in [3.05, 3.63) is 59.7 Å². The highest BCUT2D eigenvalue weighted by Crippen LogP contribution is 2.44. The van der Waals surface area contributed by atoms with E-state index in [0.717, 1.165) is 11.1 Å². The lowest BCUT2D eigenvalue weighted by Crippen LogP contribution is -2.49. The zero-order chi connectivity index (χ0) is 24.0. The smallest absolute Gasteiger partial charge is 0.407 e. The fraction of sp³-hybridized carbons (Fsp3) is 0.400. The van der Waals surface area contributed by atoms with Gasteiger partial charge in [0.2, 0.25) is 5.91 Å². The second-order valence-corrected chi connectivity index (χ2v) is 10.1. The lowest BCUT2D eigenvalue weighted by molar-refractivity contribution is -0.144. The standard InChI is InChI=1S/C25H30N2O5S/c1-25(2,3)22(23(29)30)27-21(28)15-33-13-12-26-24(31)32-14-20-18-10-6-4-8-16(18)17-9-5-7-11-19(17)20/h4-11,20,22H,12-15H2,1-3H3,(H,26,31)(H,27,28)(H,29,30)/t22-/m1/s1. The molecule has 3 rings (SSSR count). The maximum absolute atomic E-state index is 12.2. The molecule has 0 aliphatic heterocycles. The summed E-state index contributed by atoms with van der Waals surface area (Å²) in [5.74, 6) is -0.774. The van der Waals surface area contributed by atoms with Gasteiger partial charge in [-0.3, -0.25) is 4.79 Å². The molecule has 1 aliphatic carbocycles. The molecule has 7 nitrogen and oxygen atoms in total. The third kappa shape index (κ3) is 6.28. The first kappa shape index (κ1) is 24.6. The lowest BCUT2D eigenvalue weighted by Gasteiger charge is -2.27. The Morgan fingerprint density at radius 2 is 1.61 bits per heavy atom. The van der Waals surface area contributed by atoms with Crippen LogP contribution < -0.4 is 10.6 Å². The van der Waals surface area contributed by atoms with E-state index < -0.39 is 23.5 Å². The number of ether oxygens (including phenoxy) is 1. The van der Waals surface area contributed by atoms with Gasteiger partial charge in [0.05, 0.1) is 5.75 Å². The van der Waals surface area contributed by atoms with E-state index in [0.29, 0.717) is 12.3 Å². The molecule has 2 aromatic carbocycles. The quantitative estimate of drug-likeness (QED) is 0.481. The highest BCUT2D eigenvalue weighted by molar-refractivity contribution is 7.99. The Hall–Kier alpha value is -3.00. The Kier molecular flexibility index (Phi) is 8.02. The van der Waals surface area contributed by atoms with E-state index in [9.17, 15) is 19.5 Å². The summed E-state index contributed by atoms with van der Waals surface area (Å²) in [5, 5.41) is 14.5. The average molecular weight is 471 g/mol. The number of fused-ring (bicyclic) bond motifs is 3. The molecule has 2 aromatic rings. The number of carbonyl (C=O) groups is 3. The number of aliphatic carboxylic acids is 1. The SMILES string of the molecule is CC(C)(C)[C@H](NC(=O)CSCCNC(=O)OCC1c2ccccc2-c2ccccc21)C(=O)O. The first-order valence-electron chi connectivity index (χ1n) is 10.9. The Bertz CT molecular complexity index is 972. The number of amides is 2. The van der Waals surface area contributed by atoms with Gasteiger partial charge in [0.25, 0.3) is 0 Å². The summed E-state index contributed by atoms with van der Waals surface area (Å²) in [4.78, 5) is 35.6. The molecule has 8 heteroatoms. The number of nitrogens with one attached hydrogen (secondary N) is 2. The molecule has 3 N–H and O–H groups in total. The van der Waals surface area contributed by atoms with Crippen LogP contribution in [0.1, 0.15) is 37.8 Å². The van der Waals surface area contributed by atoms with Crippen molar-refractivity contribution in [3.63, 3.8) is 0 Å². The average Bonchev–Trinajstić information content (AvgIpc) is 3.08. The molecule has 33 heavy (non-hydrogen) atoms. The Balaban J connectivity index is 1.39. The first-order chi connectivity index (χ1) is 15.7. The van der Waals surface area contributed by atoms with Crippen molar-refractivity contribution in [1.82, 2.24) is 10.6 Å². The monoisotopic (exact) mass is 470 g/mol. The van der Waals surface area contributed by atoms with Crippen LogP contribution in [0, 0.1) is 5.41 Å². The first-order valence-corrected chi connectivity index (χ1v) is 12.0. The minimum atomic E-state index is -1.06. The summed E-state index contributed by atoms with van der Waals surface area (Å²) < 4.78 is 5.48. The van der Waals surface area contributed by atoms with Crippen molar-refractivity contribution >= 4 is 29.7 Å². The summed E-state index contributed by atoms with van der Waals surface area (Å²) in [6.07, 6.45) is -0.499. The van der Waals surface area contributed by atoms with Crippen LogP contribution in [0.2, 0.25) is 0 Å². The molecule has 0 radical (unpaired) electrons. The number of alkyl carbamates (subject to hydrolysis) is 1. The van der Waals surface area contributed by atoms with Gasteiger partial charge in [-0.2, -0.15) is 11.8 Å². The summed E-state index contributed by atoms with van der Waals surface area (Å²) in [6, 6.07) is 15.3. The number of thioether (sulfide) groups is 1. The molecule has 2 amide bonds. The molecule has 1 atom stereocenters. The number of hydrogen-bond donors (Lipinski definition) is 3. The zero-order valence-electron chi connectivity index (χ0n) is 19.1. The molecule has 0 heterocycles. The van der Waals surface area contributed by atoms with E-state index in [4.69, 9.17) is 4.74 Å². The molecule has 0 aromatic heterocycles. The number of carboxylic acids is 1. The van der Waals surface area contributed by atoms with Gasteiger partial charge in [-0.1, -0.05) is 69.3 Å². The molecule has 1 aliphatic rings. The third-order valence-electron chi connectivity index (χ3n) is 5.51. The number of carboxylic acid groups (broad SMARTS) is 1. The van der Waals surface area contributed by atoms with Crippen LogP contribution in [0.4, 0.5) is 4.79 Å². The van der Waals surface area contributed by atoms with Crippen molar-refractivity contribution in [1.29, 1.82) is 0 Å². The van der Waals surface area contributed by atoms with Gasteiger partial charge < -0.3 is 20.5 Å². The molecule has 0 unspecified atom stereocenters. The van der Waals surface area contributed by atoms with Crippen LogP contribution in [-0.4, -0.2) is 53.8 Å². The van der Waals surface area contributed by atoms with E-state index in [2.05, 4.69) is 34.9 Å². The zero-order valence-corrected chi connectivity index (χ0v) is 19.9. The summed E-state index contributed by atoms with van der Waals surface area (Å²) in [6.45, 7) is 5.88. The van der Waals surface area contributed by atoms with Gasteiger partial charge in [-0.15, -0.1) is 0 Å². The molecule has 176 valence electrons. The lowest BCUT2D eigenvalue weighted by atomic mass is 9.87. The summed E-state index contributed by atoms with van der Waals surface area (Å²) in [7, 11) is 0. The largest absolute Gasteiger partial charge is 0.480 e. The number of rotatable bonds is 9. The van der Waals surface area contributed by atoms with Gasteiger partial charge in [0.15, 0.2) is 0 Å². The minimum Gasteiger partial charge on any atom is -0.480 e. The number of hydrogen-bond acceptors (Lipinski definition) is 5. The second kappa shape index (κ2) is 10.7. The van der Waals surface area contributed by atoms with E-state index in [1.807, 2.05) is 24.3 Å². The van der Waals surface area contributed by atoms with E-state index in [-0.39, 0.29) is 24.2 Å². The molecule has 0 fully saturated rings. The van der Waals surface area contributed by atoms with E-state index >= 15 is 0 Å². The van der Waals surface area contributed by atoms with Crippen LogP contribution in [-0.2, 0) is 14.3 Å². The number of carbonyl (C=O) groups excluding carboxylic acids is 2. The van der Waals surface area contributed by atoms with Gasteiger partial charge in [-0.05, 0) is 27.7 Å². The maximum Gasteiger partial charge on any atom is 0.407 e. The van der Waals surface area contributed by atoms with Crippen molar-refractivity contribution in [2.45, 2.75) is 32.7 Å². The van der Waals surface area contributed by atoms with Gasteiger partial charge >= 0.3 is 12.1 Å². The minimum absolute atomic E-state index is 0.00576. The maximum atomic E-state index is 12.2. The molecular formula is C25H30N2O5S. The highest BCUT2D eigenvalue weighted by Gasteiger charge is 2.32. The summed E-state index contributed by atoms with van der Waals surface area (Å²) >= 11 is 1.32. The van der Waals surface area contributed by atoms with E-state index in [1.165, 1.54) is 22.9 Å². The topological polar surface area (TPSA) is 105 Å². The van der Waals surface area contributed by atoms with Crippen LogP contribution >= 0.6 is 11.8 Å². The third-order valence-corrected chi connectivity index (χ3v) is 6.47. The molecular weight excluding hydrogens is 440 g/mol. The van der Waals surface area contributed by atoms with Crippen molar-refractivity contribution in [2.75, 3.05) is 24.7 Å². The predicted octanol–water partition coefficient (Wildman–Crippen LogP) is 3.87. The summed E-state index contributed by atoms with van der Waals surface area (Å²) in [5.41, 5.74) is 4.07. The Morgan fingerprint density at radius 1 is 1.03 bits per heavy atom. The van der Waals surface area contributed by atoms with Crippen LogP contribution in [0.5, 0.6) is 0 Å². The number of benzene rings is 2. The molecule has 0 saturated heterocycles. The highest BCUT2D eigenvalue weighted by atomic mass is 32.2. The molecule has 0 saturated carbocycles. The Labute approximate surface area is 198 Å². The fourth-order valence-electron chi connectivity index (χ4n) is 3.89. The van der Waals surface area contributed by atoms with Gasteiger partial charge in [-0.25, -0.2) is 9.59 Å². The van der Waals surface area contributed by atoms with Crippen LogP contribution in [0.3, 0.4) is 0 Å². The van der Waals surface area contributed by atoms with Gasteiger partial charge in [0.1, 0.15) is 12.6 Å². The van der Waals surface area contributed by atoms with Crippen LogP contribution in [0.15, 0.2) is 48.5 Å². The van der Waals surface area contributed by atoms with E-state index in [1.54, 1.807) is 20.8 Å². The van der Waals surface area contributed by atoms with Crippen molar-refractivity contribution < 1.29 is 24.2 Å². The fourth-order valence-corrected chi connectivity index (χ4v) is 4.55.